The molecule has 2 heteroatoms. The molecule has 0 rings (SSSR count). The van der Waals surface area contributed by atoms with E-state index in [4.69, 9.17) is 4.74 Å². The highest BCUT2D eigenvalue weighted by atomic mass is 16.5. The van der Waals surface area contributed by atoms with Crippen LogP contribution in [0.25, 0.3) is 0 Å². The molecule has 0 saturated carbocycles. The molecule has 0 N–H and O–H groups in total. The molecule has 0 aliphatic heterocycles. The summed E-state index contributed by atoms with van der Waals surface area (Å²) >= 11 is 0. The van der Waals surface area contributed by atoms with Crippen LogP contribution in [-0.2, 0) is 9.53 Å². The maximum absolute atomic E-state index is 12.0. The smallest absolute Gasteiger partial charge is 0.305 e. The summed E-state index contributed by atoms with van der Waals surface area (Å²) in [5.74, 6) is 0.0338. The van der Waals surface area contributed by atoms with Crippen molar-refractivity contribution in [2.24, 2.45) is 0 Å². The van der Waals surface area contributed by atoms with Crippen LogP contribution in [0.1, 0.15) is 303 Å². The molecule has 0 spiro atoms. The lowest BCUT2D eigenvalue weighted by Crippen LogP contribution is -2.05. The normalized spacial score (nSPS) is 11.5. The van der Waals surface area contributed by atoms with Crippen LogP contribution in [0.15, 0.2) is 0 Å². The SMILES string of the molecule is CCCCCCCCCCCCCCCCCCCCCCCCCCOC(=O)CCCCCCCCCCCCCCCCCCCCCC. The molecule has 2 nitrogen and oxygen atoms in total. The minimum Gasteiger partial charge on any atom is -0.466 e. The maximum Gasteiger partial charge on any atom is 0.305 e. The van der Waals surface area contributed by atoms with Crippen LogP contribution in [0.4, 0.5) is 0 Å². The third-order valence-electron chi connectivity index (χ3n) is 11.5. The minimum absolute atomic E-state index is 0.0338. The average molecular weight is 719 g/mol. The predicted octanol–water partition coefficient (Wildman–Crippen LogP) is 18.1. The summed E-state index contributed by atoms with van der Waals surface area (Å²) < 4.78 is 5.49. The summed E-state index contributed by atoms with van der Waals surface area (Å²) in [6.45, 7) is 5.24. The summed E-state index contributed by atoms with van der Waals surface area (Å²) in [6.07, 6.45) is 62.4. The molecule has 0 saturated heterocycles. The van der Waals surface area contributed by atoms with Crippen LogP contribution in [0.2, 0.25) is 0 Å². The number of esters is 1. The van der Waals surface area contributed by atoms with Crippen molar-refractivity contribution in [3.8, 4) is 0 Å². The molecule has 0 aromatic heterocycles. The van der Waals surface area contributed by atoms with Gasteiger partial charge in [-0.25, -0.2) is 0 Å². The third kappa shape index (κ3) is 47.4. The second-order valence-electron chi connectivity index (χ2n) is 16.8. The third-order valence-corrected chi connectivity index (χ3v) is 11.5. The first-order valence-corrected chi connectivity index (χ1v) is 24.5. The predicted molar refractivity (Wildman–Crippen MR) is 230 cm³/mol. The van der Waals surface area contributed by atoms with Gasteiger partial charge >= 0.3 is 5.97 Å². The Morgan fingerprint density at radius 2 is 0.431 bits per heavy atom. The van der Waals surface area contributed by atoms with Gasteiger partial charge in [-0.3, -0.25) is 4.79 Å². The van der Waals surface area contributed by atoms with Crippen LogP contribution < -0.4 is 0 Å². The Kier molecular flexibility index (Phi) is 47.0. The van der Waals surface area contributed by atoms with E-state index in [1.54, 1.807) is 0 Å². The molecule has 0 aliphatic carbocycles. The Morgan fingerprint density at radius 3 is 0.647 bits per heavy atom. The molecule has 0 bridgehead atoms. The summed E-state index contributed by atoms with van der Waals surface area (Å²) in [6, 6.07) is 0. The van der Waals surface area contributed by atoms with Gasteiger partial charge < -0.3 is 4.74 Å². The number of carbonyl (C=O) groups excluding carboxylic acids is 1. The van der Waals surface area contributed by atoms with Crippen molar-refractivity contribution in [3.63, 3.8) is 0 Å². The summed E-state index contributed by atoms with van der Waals surface area (Å²) in [4.78, 5) is 12.0. The number of hydrogen-bond donors (Lipinski definition) is 0. The van der Waals surface area contributed by atoms with Crippen molar-refractivity contribution in [1.29, 1.82) is 0 Å². The van der Waals surface area contributed by atoms with Crippen molar-refractivity contribution >= 4 is 5.97 Å². The van der Waals surface area contributed by atoms with Crippen molar-refractivity contribution in [2.45, 2.75) is 303 Å². The molecule has 0 aliphatic rings. The van der Waals surface area contributed by atoms with Gasteiger partial charge in [0.1, 0.15) is 0 Å². The van der Waals surface area contributed by atoms with E-state index in [2.05, 4.69) is 13.8 Å². The molecule has 0 heterocycles. The Labute approximate surface area is 324 Å². The Balaban J connectivity index is 3.14. The molecule has 0 aromatic rings. The van der Waals surface area contributed by atoms with Gasteiger partial charge in [-0.15, -0.1) is 0 Å². The van der Waals surface area contributed by atoms with Gasteiger partial charge in [0.2, 0.25) is 0 Å². The first-order chi connectivity index (χ1) is 25.3. The lowest BCUT2D eigenvalue weighted by Gasteiger charge is -2.06. The van der Waals surface area contributed by atoms with Crippen LogP contribution >= 0.6 is 0 Å². The summed E-state index contributed by atoms with van der Waals surface area (Å²) in [5.41, 5.74) is 0. The lowest BCUT2D eigenvalue weighted by atomic mass is 10.0. The Morgan fingerprint density at radius 1 is 0.255 bits per heavy atom. The second kappa shape index (κ2) is 47.5. The van der Waals surface area contributed by atoms with Crippen molar-refractivity contribution in [1.82, 2.24) is 0 Å². The van der Waals surface area contributed by atoms with E-state index in [9.17, 15) is 4.79 Å². The molecule has 51 heavy (non-hydrogen) atoms. The van der Waals surface area contributed by atoms with Crippen LogP contribution in [-0.4, -0.2) is 12.6 Å². The van der Waals surface area contributed by atoms with E-state index in [0.29, 0.717) is 13.0 Å². The number of unbranched alkanes of at least 4 members (excludes halogenated alkanes) is 42. The molecule has 0 radical (unpaired) electrons. The number of rotatable bonds is 46. The Hall–Kier alpha value is -0.530. The zero-order valence-electron chi connectivity index (χ0n) is 35.8. The zero-order valence-corrected chi connectivity index (χ0v) is 35.8. The highest BCUT2D eigenvalue weighted by Crippen LogP contribution is 2.17. The van der Waals surface area contributed by atoms with Gasteiger partial charge in [-0.05, 0) is 12.8 Å². The monoisotopic (exact) mass is 719 g/mol. The largest absolute Gasteiger partial charge is 0.466 e. The summed E-state index contributed by atoms with van der Waals surface area (Å²) in [5, 5.41) is 0. The van der Waals surface area contributed by atoms with Crippen molar-refractivity contribution in [2.75, 3.05) is 6.61 Å². The standard InChI is InChI=1S/C49H98O2/c1-3-5-7-9-11-13-15-17-19-21-23-25-26-27-28-30-32-34-36-38-40-42-44-46-48-51-49(50)47-45-43-41-39-37-35-33-31-29-24-22-20-18-16-14-12-10-8-6-4-2/h3-48H2,1-2H3. The number of hydrogen-bond acceptors (Lipinski definition) is 2. The van der Waals surface area contributed by atoms with E-state index in [1.165, 1.54) is 270 Å². The summed E-state index contributed by atoms with van der Waals surface area (Å²) in [7, 11) is 0. The van der Waals surface area contributed by atoms with E-state index < -0.39 is 0 Å². The van der Waals surface area contributed by atoms with Crippen LogP contribution in [0.5, 0.6) is 0 Å². The van der Waals surface area contributed by atoms with Crippen LogP contribution in [0.3, 0.4) is 0 Å². The second-order valence-corrected chi connectivity index (χ2v) is 16.8. The molecule has 0 atom stereocenters. The molecular formula is C49H98O2. The topological polar surface area (TPSA) is 26.3 Å². The van der Waals surface area contributed by atoms with Gasteiger partial charge in [0.15, 0.2) is 0 Å². The molecule has 0 fully saturated rings. The zero-order chi connectivity index (χ0) is 36.8. The highest BCUT2D eigenvalue weighted by Gasteiger charge is 2.03. The van der Waals surface area contributed by atoms with Gasteiger partial charge in [-0.1, -0.05) is 284 Å². The number of ether oxygens (including phenoxy) is 1. The molecule has 0 aromatic carbocycles. The minimum atomic E-state index is 0.0338. The quantitative estimate of drug-likeness (QED) is 0.0463. The fourth-order valence-corrected chi connectivity index (χ4v) is 7.85. The molecule has 0 unspecified atom stereocenters. The molecule has 0 amide bonds. The average Bonchev–Trinajstić information content (AvgIpc) is 3.14. The van der Waals surface area contributed by atoms with E-state index in [1.807, 2.05) is 0 Å². The lowest BCUT2D eigenvalue weighted by molar-refractivity contribution is -0.143. The first-order valence-electron chi connectivity index (χ1n) is 24.5. The first kappa shape index (κ1) is 50.5. The number of carbonyl (C=O) groups is 1. The van der Waals surface area contributed by atoms with Gasteiger partial charge in [0.05, 0.1) is 6.61 Å². The highest BCUT2D eigenvalue weighted by molar-refractivity contribution is 5.69. The fourth-order valence-electron chi connectivity index (χ4n) is 7.85. The molecule has 306 valence electrons. The Bertz CT molecular complexity index is 615. The van der Waals surface area contributed by atoms with Crippen LogP contribution in [0, 0.1) is 0 Å². The van der Waals surface area contributed by atoms with Gasteiger partial charge in [-0.2, -0.15) is 0 Å². The fraction of sp³-hybridized carbons (Fsp3) is 0.980. The van der Waals surface area contributed by atoms with E-state index in [-0.39, 0.29) is 5.97 Å². The van der Waals surface area contributed by atoms with Crippen molar-refractivity contribution < 1.29 is 9.53 Å². The molecular weight excluding hydrogens is 621 g/mol. The maximum atomic E-state index is 12.0. The van der Waals surface area contributed by atoms with Gasteiger partial charge in [0, 0.05) is 6.42 Å². The van der Waals surface area contributed by atoms with Crippen molar-refractivity contribution in [3.05, 3.63) is 0 Å². The van der Waals surface area contributed by atoms with E-state index >= 15 is 0 Å². The van der Waals surface area contributed by atoms with E-state index in [0.717, 1.165) is 12.8 Å². The van der Waals surface area contributed by atoms with Gasteiger partial charge in [0.25, 0.3) is 0 Å².